The third kappa shape index (κ3) is 4.97. The Hall–Kier alpha value is -2.26. The number of carbonyl (C=O) groups is 1. The number of nitrogens with zero attached hydrogens (tertiary/aromatic N) is 2. The summed E-state index contributed by atoms with van der Waals surface area (Å²) in [6, 6.07) is 13.6. The van der Waals surface area contributed by atoms with E-state index >= 15 is 0 Å². The smallest absolute Gasteiger partial charge is 0.204 e. The van der Waals surface area contributed by atoms with Crippen molar-refractivity contribution in [1.82, 2.24) is 4.98 Å². The molecule has 0 bridgehead atoms. The fourth-order valence-corrected chi connectivity index (χ4v) is 2.05. The molecule has 0 unspecified atom stereocenters. The van der Waals surface area contributed by atoms with Gasteiger partial charge < -0.3 is 4.48 Å². The molecule has 0 amide bonds. The number of rotatable bonds is 5. The summed E-state index contributed by atoms with van der Waals surface area (Å²) in [5.41, 5.74) is 2.77. The Labute approximate surface area is 126 Å². The van der Waals surface area contributed by atoms with Gasteiger partial charge in [0.25, 0.3) is 0 Å². The zero-order chi connectivity index (χ0) is 15.3. The van der Waals surface area contributed by atoms with Gasteiger partial charge in [0.05, 0.1) is 21.1 Å². The van der Waals surface area contributed by atoms with Crippen LogP contribution in [0.3, 0.4) is 0 Å². The van der Waals surface area contributed by atoms with Crippen LogP contribution in [0.15, 0.2) is 54.7 Å². The lowest BCUT2D eigenvalue weighted by Gasteiger charge is -2.23. The molecule has 2 rings (SSSR count). The first-order valence-corrected chi connectivity index (χ1v) is 6.97. The zero-order valence-electron chi connectivity index (χ0n) is 12.8. The molecule has 0 aliphatic heterocycles. The number of ketones is 1. The molecular formula is C18H21N2O+. The lowest BCUT2D eigenvalue weighted by molar-refractivity contribution is -0.884. The summed E-state index contributed by atoms with van der Waals surface area (Å²) in [7, 11) is 6.50. The molecule has 0 aliphatic carbocycles. The van der Waals surface area contributed by atoms with Gasteiger partial charge >= 0.3 is 0 Å². The number of hydrogen-bond acceptors (Lipinski definition) is 2. The fourth-order valence-electron chi connectivity index (χ4n) is 2.05. The van der Waals surface area contributed by atoms with Crippen LogP contribution in [0.25, 0.3) is 6.08 Å². The Balaban J connectivity index is 2.03. The second kappa shape index (κ2) is 6.46. The van der Waals surface area contributed by atoms with Crippen LogP contribution in [0.2, 0.25) is 0 Å². The van der Waals surface area contributed by atoms with E-state index in [2.05, 4.69) is 38.3 Å². The average Bonchev–Trinajstić information content (AvgIpc) is 2.45. The van der Waals surface area contributed by atoms with Crippen LogP contribution in [-0.2, 0) is 6.54 Å². The molecule has 0 saturated heterocycles. The van der Waals surface area contributed by atoms with E-state index in [0.717, 1.165) is 16.6 Å². The van der Waals surface area contributed by atoms with Gasteiger partial charge in [0.1, 0.15) is 12.2 Å². The van der Waals surface area contributed by atoms with Gasteiger partial charge in [-0.3, -0.25) is 9.78 Å². The Morgan fingerprint density at radius 1 is 1.10 bits per heavy atom. The lowest BCUT2D eigenvalue weighted by Crippen LogP contribution is -2.33. The van der Waals surface area contributed by atoms with Gasteiger partial charge in [0.15, 0.2) is 0 Å². The van der Waals surface area contributed by atoms with Crippen LogP contribution in [0.5, 0.6) is 0 Å². The second-order valence-electron chi connectivity index (χ2n) is 6.10. The summed E-state index contributed by atoms with van der Waals surface area (Å²) >= 11 is 0. The molecule has 3 heteroatoms. The second-order valence-corrected chi connectivity index (χ2v) is 6.10. The van der Waals surface area contributed by atoms with Gasteiger partial charge in [-0.15, -0.1) is 0 Å². The number of allylic oxidation sites excluding steroid dienone is 1. The maximum atomic E-state index is 11.9. The minimum atomic E-state index is -0.0777. The Morgan fingerprint density at radius 2 is 1.81 bits per heavy atom. The molecule has 1 heterocycles. The van der Waals surface area contributed by atoms with Crippen LogP contribution >= 0.6 is 0 Å². The summed E-state index contributed by atoms with van der Waals surface area (Å²) in [5.74, 6) is -0.0777. The van der Waals surface area contributed by atoms with Crippen LogP contribution < -0.4 is 0 Å². The Bertz CT molecular complexity index is 623. The summed E-state index contributed by atoms with van der Waals surface area (Å²) in [6.07, 6.45) is 5.02. The molecule has 3 nitrogen and oxygen atoms in total. The first-order valence-electron chi connectivity index (χ1n) is 6.97. The van der Waals surface area contributed by atoms with Crippen molar-refractivity contribution < 1.29 is 9.28 Å². The van der Waals surface area contributed by atoms with E-state index in [1.165, 1.54) is 5.56 Å². The van der Waals surface area contributed by atoms with E-state index in [0.29, 0.717) is 5.69 Å². The van der Waals surface area contributed by atoms with Crippen molar-refractivity contribution in [2.75, 3.05) is 21.1 Å². The molecule has 108 valence electrons. The number of quaternary nitrogens is 1. The van der Waals surface area contributed by atoms with Gasteiger partial charge in [0.2, 0.25) is 5.78 Å². The highest BCUT2D eigenvalue weighted by Gasteiger charge is 2.07. The summed E-state index contributed by atoms with van der Waals surface area (Å²) in [6.45, 7) is 0.983. The largest absolute Gasteiger partial charge is 0.327 e. The molecule has 1 aromatic heterocycles. The van der Waals surface area contributed by atoms with Crippen molar-refractivity contribution in [3.8, 4) is 0 Å². The normalized spacial score (nSPS) is 11.8. The van der Waals surface area contributed by atoms with Crippen LogP contribution in [0.1, 0.15) is 21.6 Å². The highest BCUT2D eigenvalue weighted by atomic mass is 16.1. The molecule has 0 saturated carbocycles. The van der Waals surface area contributed by atoms with E-state index in [1.54, 1.807) is 24.4 Å². The van der Waals surface area contributed by atoms with E-state index < -0.39 is 0 Å². The molecule has 2 aromatic rings. The van der Waals surface area contributed by atoms with Crippen LogP contribution in [-0.4, -0.2) is 36.4 Å². The van der Waals surface area contributed by atoms with Gasteiger partial charge in [-0.1, -0.05) is 36.4 Å². The molecule has 0 fully saturated rings. The summed E-state index contributed by atoms with van der Waals surface area (Å²) < 4.78 is 0.896. The SMILES string of the molecule is C[N+](C)(C)Cc1ccc(/C=C/C(=O)c2ccccn2)cc1. The predicted molar refractivity (Wildman–Crippen MR) is 85.8 cm³/mol. The molecule has 0 N–H and O–H groups in total. The van der Waals surface area contributed by atoms with Crippen molar-refractivity contribution in [2.24, 2.45) is 0 Å². The zero-order valence-corrected chi connectivity index (χ0v) is 12.8. The number of pyridine rings is 1. The van der Waals surface area contributed by atoms with Crippen LogP contribution in [0.4, 0.5) is 0 Å². The van der Waals surface area contributed by atoms with Crippen molar-refractivity contribution in [3.05, 3.63) is 71.6 Å². The quantitative estimate of drug-likeness (QED) is 0.478. The summed E-state index contributed by atoms with van der Waals surface area (Å²) in [5, 5.41) is 0. The molecular weight excluding hydrogens is 260 g/mol. The third-order valence-electron chi connectivity index (χ3n) is 2.98. The molecule has 21 heavy (non-hydrogen) atoms. The first-order chi connectivity index (χ1) is 9.94. The van der Waals surface area contributed by atoms with E-state index in [4.69, 9.17) is 0 Å². The lowest BCUT2D eigenvalue weighted by atomic mass is 10.1. The Kier molecular flexibility index (Phi) is 4.66. The first kappa shape index (κ1) is 15.1. The van der Waals surface area contributed by atoms with Gasteiger partial charge in [-0.2, -0.15) is 0 Å². The predicted octanol–water partition coefficient (Wildman–Crippen LogP) is 3.18. The van der Waals surface area contributed by atoms with Gasteiger partial charge in [-0.25, -0.2) is 0 Å². The Morgan fingerprint density at radius 3 is 2.38 bits per heavy atom. The minimum Gasteiger partial charge on any atom is -0.327 e. The minimum absolute atomic E-state index is 0.0777. The topological polar surface area (TPSA) is 30.0 Å². The van der Waals surface area contributed by atoms with E-state index in [-0.39, 0.29) is 5.78 Å². The molecule has 1 aromatic carbocycles. The third-order valence-corrected chi connectivity index (χ3v) is 2.98. The number of benzene rings is 1. The van der Waals surface area contributed by atoms with Crippen molar-refractivity contribution in [1.29, 1.82) is 0 Å². The molecule has 0 spiro atoms. The number of aromatic nitrogens is 1. The molecule has 0 radical (unpaired) electrons. The van der Waals surface area contributed by atoms with E-state index in [9.17, 15) is 4.79 Å². The van der Waals surface area contributed by atoms with Crippen molar-refractivity contribution >= 4 is 11.9 Å². The van der Waals surface area contributed by atoms with Crippen LogP contribution in [0, 0.1) is 0 Å². The molecule has 0 aliphatic rings. The maximum absolute atomic E-state index is 11.9. The average molecular weight is 281 g/mol. The summed E-state index contributed by atoms with van der Waals surface area (Å²) in [4.78, 5) is 16.0. The number of carbonyl (C=O) groups excluding carboxylic acids is 1. The van der Waals surface area contributed by atoms with Gasteiger partial charge in [-0.05, 0) is 23.8 Å². The monoisotopic (exact) mass is 281 g/mol. The standard InChI is InChI=1S/C18H21N2O/c1-20(2,3)14-16-9-7-15(8-10-16)11-12-18(21)17-6-4-5-13-19-17/h4-13H,14H2,1-3H3/q+1/b12-11+. The highest BCUT2D eigenvalue weighted by molar-refractivity contribution is 6.05. The molecule has 0 atom stereocenters. The maximum Gasteiger partial charge on any atom is 0.204 e. The van der Waals surface area contributed by atoms with E-state index in [1.807, 2.05) is 24.3 Å². The fraction of sp³-hybridized carbons (Fsp3) is 0.222. The number of hydrogen-bond donors (Lipinski definition) is 0. The highest BCUT2D eigenvalue weighted by Crippen LogP contribution is 2.10. The van der Waals surface area contributed by atoms with Crippen molar-refractivity contribution in [2.45, 2.75) is 6.54 Å². The van der Waals surface area contributed by atoms with Crippen molar-refractivity contribution in [3.63, 3.8) is 0 Å². The van der Waals surface area contributed by atoms with Gasteiger partial charge in [0, 0.05) is 11.8 Å².